The molecule has 0 unspecified atom stereocenters. The standard InChI is InChI=1S/CH3O2S.Ra.Rb/c1-4-3-2;;/h2H,1H2;;/q-1;;+1. The van der Waals surface area contributed by atoms with Crippen molar-refractivity contribution in [3.63, 3.8) is 0 Å². The summed E-state index contributed by atoms with van der Waals surface area (Å²) in [5.41, 5.74) is 0. The van der Waals surface area contributed by atoms with Crippen molar-refractivity contribution < 1.29 is 113 Å². The van der Waals surface area contributed by atoms with Gasteiger partial charge in [0, 0.05) is 45.0 Å². The van der Waals surface area contributed by atoms with E-state index in [0.717, 1.165) is 0 Å². The zero-order valence-electron chi connectivity index (χ0n) is 3.68. The van der Waals surface area contributed by atoms with E-state index in [9.17, 15) is 0 Å². The van der Waals surface area contributed by atoms with Gasteiger partial charge in [0.2, 0.25) is 0 Å². The monoisotopic (exact) mass is 390 g/mol. The first-order valence-electron chi connectivity index (χ1n) is 0.638. The molecule has 1 N–H and O–H groups in total. The van der Waals surface area contributed by atoms with Crippen LogP contribution in [0.25, 0.3) is 0 Å². The predicted molar refractivity (Wildman–Crippen MR) is 16.7 cm³/mol. The molecular formula is CH3O2RaRbS. The number of hydrogen-bond acceptors (Lipinski definition) is 3. The van der Waals surface area contributed by atoms with Crippen LogP contribution in [0, 0.1) is 51.3 Å². The SMILES string of the molecule is [CH2-]SOO.[Ra].[Rb+]. The van der Waals surface area contributed by atoms with E-state index in [2.05, 4.69) is 10.6 Å². The fourth-order valence-electron chi connectivity index (χ4n) is 0. The van der Waals surface area contributed by atoms with Gasteiger partial charge in [-0.1, -0.05) is 0 Å². The minimum Gasteiger partial charge on any atom is -0.258 e. The largest absolute Gasteiger partial charge is 1.00 e. The van der Waals surface area contributed by atoms with E-state index in [0.29, 0.717) is 12.0 Å². The van der Waals surface area contributed by atoms with E-state index in [1.807, 2.05) is 0 Å². The summed E-state index contributed by atoms with van der Waals surface area (Å²) in [4.78, 5) is 0. The molecule has 0 saturated heterocycles. The minimum atomic E-state index is 0. The van der Waals surface area contributed by atoms with Crippen molar-refractivity contribution in [1.82, 2.24) is 0 Å². The Morgan fingerprint density at radius 1 is 1.67 bits per heavy atom. The molecule has 0 atom stereocenters. The molecule has 0 aliphatic carbocycles. The maximum Gasteiger partial charge on any atom is 1.00 e. The third-order valence-electron chi connectivity index (χ3n) is 0.0527. The zero-order chi connectivity index (χ0) is 3.41. The van der Waals surface area contributed by atoms with Crippen LogP contribution >= 0.6 is 12.0 Å². The van der Waals surface area contributed by atoms with Gasteiger partial charge in [-0.2, -0.15) is 12.0 Å². The third kappa shape index (κ3) is 15.6. The van der Waals surface area contributed by atoms with Crippen LogP contribution in [-0.4, -0.2) is 5.26 Å². The van der Waals surface area contributed by atoms with Crippen molar-refractivity contribution in [2.45, 2.75) is 0 Å². The molecule has 28 valence electrons. The fraction of sp³-hybridized carbons (Fsp3) is 0. The molecule has 6 heavy (non-hydrogen) atoms. The van der Waals surface area contributed by atoms with Crippen molar-refractivity contribution in [2.24, 2.45) is 0 Å². The molecule has 5 heteroatoms. The summed E-state index contributed by atoms with van der Waals surface area (Å²) in [5.74, 6) is 0. The van der Waals surface area contributed by atoms with Crippen LogP contribution < -0.4 is 58.2 Å². The summed E-state index contributed by atoms with van der Waals surface area (Å²) in [7, 11) is 0. The van der Waals surface area contributed by atoms with E-state index in [-0.39, 0.29) is 103 Å². The summed E-state index contributed by atoms with van der Waals surface area (Å²) < 4.78 is 3.35. The molecule has 0 aliphatic rings. The first-order valence-corrected chi connectivity index (χ1v) is 1.55. The Morgan fingerprint density at radius 3 is 1.83 bits per heavy atom. The van der Waals surface area contributed by atoms with Crippen LogP contribution in [0.15, 0.2) is 0 Å². The average molecular weight is 391 g/mol. The molecule has 0 saturated carbocycles. The Balaban J connectivity index is -0.0000000450. The second-order valence-electron chi connectivity index (χ2n) is 0.192. The quantitative estimate of drug-likeness (QED) is 0.241. The van der Waals surface area contributed by atoms with Crippen LogP contribution in [0.1, 0.15) is 0 Å². The van der Waals surface area contributed by atoms with Gasteiger partial charge in [0.05, 0.1) is 0 Å². The zero-order valence-corrected chi connectivity index (χ0v) is 15.2. The molecule has 0 spiro atoms. The predicted octanol–water partition coefficient (Wildman–Crippen LogP) is -2.08. The number of hydrogen-bond donors (Lipinski definition) is 1. The molecule has 0 bridgehead atoms. The van der Waals surface area contributed by atoms with Crippen molar-refractivity contribution >= 4 is 12.0 Å². The summed E-state index contributed by atoms with van der Waals surface area (Å²) in [6.07, 6.45) is 3.05. The van der Waals surface area contributed by atoms with E-state index >= 15 is 0 Å². The molecule has 0 fully saturated rings. The topological polar surface area (TPSA) is 29.5 Å². The average Bonchev–Trinajstić information content (AvgIpc) is 1.37. The molecule has 0 aromatic rings. The van der Waals surface area contributed by atoms with Crippen molar-refractivity contribution in [3.8, 4) is 0 Å². The second-order valence-corrected chi connectivity index (χ2v) is 0.577. The van der Waals surface area contributed by atoms with Gasteiger partial charge in [0.1, 0.15) is 0 Å². The van der Waals surface area contributed by atoms with Crippen LogP contribution in [0.2, 0.25) is 0 Å². The Morgan fingerprint density at radius 2 is 1.83 bits per heavy atom. The Labute approximate surface area is 127 Å². The number of rotatable bonds is 1. The van der Waals surface area contributed by atoms with Gasteiger partial charge in [-0.3, -0.25) is 6.26 Å². The van der Waals surface area contributed by atoms with Gasteiger partial charge >= 0.3 is 58.2 Å². The van der Waals surface area contributed by atoms with E-state index in [1.165, 1.54) is 0 Å². The summed E-state index contributed by atoms with van der Waals surface area (Å²) in [5, 5.41) is 7.28. The molecule has 2 nitrogen and oxygen atoms in total. The van der Waals surface area contributed by atoms with Crippen LogP contribution in [0.5, 0.6) is 0 Å². The smallest absolute Gasteiger partial charge is 0.258 e. The van der Waals surface area contributed by atoms with Crippen molar-refractivity contribution in [1.29, 1.82) is 0 Å². The molecule has 0 aromatic carbocycles. The first kappa shape index (κ1) is 16.3. The van der Waals surface area contributed by atoms with Crippen LogP contribution in [-0.2, 0) is 4.33 Å². The van der Waals surface area contributed by atoms with E-state index in [4.69, 9.17) is 5.26 Å². The van der Waals surface area contributed by atoms with Gasteiger partial charge in [-0.05, 0) is 0 Å². The van der Waals surface area contributed by atoms with Crippen LogP contribution in [0.3, 0.4) is 0 Å². The Bertz CT molecular complexity index is 15.5. The van der Waals surface area contributed by atoms with Gasteiger partial charge in [0.25, 0.3) is 0 Å². The van der Waals surface area contributed by atoms with Gasteiger partial charge in [0.15, 0.2) is 0 Å². The minimum absolute atomic E-state index is 0. The van der Waals surface area contributed by atoms with Gasteiger partial charge < -0.3 is 0 Å². The van der Waals surface area contributed by atoms with E-state index in [1.54, 1.807) is 0 Å². The van der Waals surface area contributed by atoms with E-state index < -0.39 is 0 Å². The molecule has 0 aliphatic heterocycles. The Hall–Kier alpha value is 3.54. The molecule has 0 amide bonds. The molecule has 0 rings (SSSR count). The summed E-state index contributed by atoms with van der Waals surface area (Å²) >= 11 is 0.662. The maximum absolute atomic E-state index is 7.28. The maximum atomic E-state index is 7.28. The molecule has 0 aromatic heterocycles. The molecule has 2 radical (unpaired) electrons. The first-order chi connectivity index (χ1) is 1.91. The fourth-order valence-corrected chi connectivity index (χ4v) is 0. The van der Waals surface area contributed by atoms with Crippen molar-refractivity contribution in [2.75, 3.05) is 0 Å². The Kier molecular flexibility index (Phi) is 42.9. The third-order valence-corrected chi connectivity index (χ3v) is 0.158. The van der Waals surface area contributed by atoms with Gasteiger partial charge in [-0.15, -0.1) is 0 Å². The van der Waals surface area contributed by atoms with Gasteiger partial charge in [-0.25, -0.2) is 9.59 Å². The van der Waals surface area contributed by atoms with Crippen molar-refractivity contribution in [3.05, 3.63) is 6.26 Å². The second kappa shape index (κ2) is 15.8. The van der Waals surface area contributed by atoms with Crippen LogP contribution in [0.4, 0.5) is 0 Å². The summed E-state index contributed by atoms with van der Waals surface area (Å²) in [6.45, 7) is 0. The molecular weight excluding hydrogens is 388 g/mol. The summed E-state index contributed by atoms with van der Waals surface area (Å²) in [6, 6.07) is 0. The normalized spacial score (nSPS) is 5.00. The molecule has 0 heterocycles.